The lowest BCUT2D eigenvalue weighted by Crippen LogP contribution is -2.50. The number of hydrogen-bond donors (Lipinski definition) is 2. The minimum absolute atomic E-state index is 0.146. The number of aryl methyl sites for hydroxylation is 1. The maximum Gasteiger partial charge on any atom is 0.254 e. The number of hydrogen-bond acceptors (Lipinski definition) is 5. The maximum atomic E-state index is 12.5. The van der Waals surface area contributed by atoms with E-state index in [0.717, 1.165) is 18.2 Å². The van der Waals surface area contributed by atoms with E-state index in [9.17, 15) is 9.59 Å². The molecule has 0 saturated heterocycles. The summed E-state index contributed by atoms with van der Waals surface area (Å²) in [6, 6.07) is 20.1. The zero-order chi connectivity index (χ0) is 29.4. The van der Waals surface area contributed by atoms with E-state index >= 15 is 0 Å². The van der Waals surface area contributed by atoms with Crippen molar-refractivity contribution in [1.29, 1.82) is 0 Å². The fraction of sp³-hybridized carbons (Fsp3) is 0.300. The second-order valence-corrected chi connectivity index (χ2v) is 11.4. The molecular formula is C30H33Cl3N4O3. The fourth-order valence-corrected chi connectivity index (χ4v) is 4.40. The molecule has 4 rings (SSSR count). The Hall–Kier alpha value is -3.10. The maximum absolute atomic E-state index is 12.5. The molecule has 3 aromatic carbocycles. The van der Waals surface area contributed by atoms with Crippen LogP contribution in [0.15, 0.2) is 71.3 Å². The largest absolute Gasteiger partial charge is 0.356 e. The van der Waals surface area contributed by atoms with Crippen LogP contribution < -0.4 is 11.1 Å². The van der Waals surface area contributed by atoms with E-state index in [1.165, 1.54) is 10.5 Å². The van der Waals surface area contributed by atoms with Crippen LogP contribution in [0.25, 0.3) is 11.0 Å². The van der Waals surface area contributed by atoms with Crippen LogP contribution >= 0.6 is 34.8 Å². The summed E-state index contributed by atoms with van der Waals surface area (Å²) in [5.41, 5.74) is 7.99. The summed E-state index contributed by atoms with van der Waals surface area (Å²) < 4.78 is 5.43. The second-order valence-electron chi connectivity index (χ2n) is 10.2. The Labute approximate surface area is 249 Å². The number of nitrogens with one attached hydrogen (secondary N) is 1. The van der Waals surface area contributed by atoms with Gasteiger partial charge in [-0.05, 0) is 75.1 Å². The lowest BCUT2D eigenvalue weighted by Gasteiger charge is -2.23. The Kier molecular flexibility index (Phi) is 11.0. The Morgan fingerprint density at radius 1 is 1.00 bits per heavy atom. The van der Waals surface area contributed by atoms with E-state index in [0.29, 0.717) is 38.3 Å². The molecule has 2 amide bonds. The van der Waals surface area contributed by atoms with Crippen molar-refractivity contribution in [3.05, 3.63) is 98.6 Å². The number of benzene rings is 3. The number of amides is 2. The highest BCUT2D eigenvalue weighted by Crippen LogP contribution is 2.29. The van der Waals surface area contributed by atoms with Gasteiger partial charge >= 0.3 is 0 Å². The van der Waals surface area contributed by atoms with E-state index in [1.54, 1.807) is 58.3 Å². The van der Waals surface area contributed by atoms with E-state index in [2.05, 4.69) is 22.6 Å². The molecule has 3 N–H and O–H groups in total. The van der Waals surface area contributed by atoms with Crippen molar-refractivity contribution in [2.45, 2.75) is 44.7 Å². The molecule has 4 aromatic rings. The van der Waals surface area contributed by atoms with Gasteiger partial charge in [-0.2, -0.15) is 0 Å². The number of carbonyl (C=O) groups is 2. The molecule has 0 aliphatic rings. The number of nitrogens with two attached hydrogens (primary N) is 1. The Morgan fingerprint density at radius 3 is 2.30 bits per heavy atom. The highest BCUT2D eigenvalue weighted by molar-refractivity contribution is 6.35. The molecule has 212 valence electrons. The average Bonchev–Trinajstić information content (AvgIpc) is 3.32. The number of fused-ring (bicyclic) bond motifs is 1. The first-order valence-corrected chi connectivity index (χ1v) is 13.9. The van der Waals surface area contributed by atoms with Crippen LogP contribution in [0.5, 0.6) is 0 Å². The lowest BCUT2D eigenvalue weighted by atomic mass is 9.99. The van der Waals surface area contributed by atoms with Gasteiger partial charge in [-0.1, -0.05) is 70.3 Å². The molecular weight excluding hydrogens is 571 g/mol. The van der Waals surface area contributed by atoms with E-state index in [-0.39, 0.29) is 17.9 Å². The van der Waals surface area contributed by atoms with Gasteiger partial charge in [0.2, 0.25) is 5.91 Å². The van der Waals surface area contributed by atoms with Gasteiger partial charge in [0.05, 0.1) is 22.2 Å². The summed E-state index contributed by atoms with van der Waals surface area (Å²) in [6.07, 6.45) is 2.51. The number of halogens is 3. The van der Waals surface area contributed by atoms with Crippen LogP contribution in [0, 0.1) is 0 Å². The third kappa shape index (κ3) is 8.70. The van der Waals surface area contributed by atoms with Crippen LogP contribution in [-0.2, 0) is 11.2 Å². The minimum Gasteiger partial charge on any atom is -0.356 e. The Balaban J connectivity index is 0.000000285. The molecule has 0 aliphatic carbocycles. The van der Waals surface area contributed by atoms with Gasteiger partial charge in [0.25, 0.3) is 5.91 Å². The predicted octanol–water partition coefficient (Wildman–Crippen LogP) is 7.09. The van der Waals surface area contributed by atoms with E-state index in [4.69, 9.17) is 45.1 Å². The van der Waals surface area contributed by atoms with Crippen LogP contribution in [0.1, 0.15) is 54.3 Å². The van der Waals surface area contributed by atoms with Crippen molar-refractivity contribution in [2.24, 2.45) is 5.73 Å². The third-order valence-corrected chi connectivity index (χ3v) is 6.85. The van der Waals surface area contributed by atoms with Gasteiger partial charge in [0.15, 0.2) is 5.58 Å². The van der Waals surface area contributed by atoms with Gasteiger partial charge in [-0.15, -0.1) is 0 Å². The van der Waals surface area contributed by atoms with Crippen molar-refractivity contribution < 1.29 is 14.1 Å². The third-order valence-electron chi connectivity index (χ3n) is 6.05. The van der Waals surface area contributed by atoms with Gasteiger partial charge < -0.3 is 20.5 Å². The van der Waals surface area contributed by atoms with Crippen LogP contribution in [0.2, 0.25) is 15.1 Å². The molecule has 0 unspecified atom stereocenters. The SMILES string of the molecule is CC(C)(N)C(=O)N[C@H](CCCc1ccccc1)c1noc2ccc(Cl)cc12.CN(C)C(=O)c1cc(Cl)ccc1Cl. The monoisotopic (exact) mass is 602 g/mol. The first kappa shape index (κ1) is 31.4. The van der Waals surface area contributed by atoms with E-state index < -0.39 is 5.54 Å². The second kappa shape index (κ2) is 14.0. The molecule has 1 atom stereocenters. The summed E-state index contributed by atoms with van der Waals surface area (Å²) >= 11 is 17.7. The highest BCUT2D eigenvalue weighted by Gasteiger charge is 2.28. The smallest absolute Gasteiger partial charge is 0.254 e. The molecule has 0 saturated carbocycles. The summed E-state index contributed by atoms with van der Waals surface area (Å²) in [5, 5.41) is 9.57. The molecule has 7 nitrogen and oxygen atoms in total. The van der Waals surface area contributed by atoms with Crippen molar-refractivity contribution in [2.75, 3.05) is 14.1 Å². The first-order valence-electron chi connectivity index (χ1n) is 12.7. The molecule has 0 radical (unpaired) electrons. The molecule has 0 aliphatic heterocycles. The number of carbonyl (C=O) groups excluding carboxylic acids is 2. The minimum atomic E-state index is -0.977. The van der Waals surface area contributed by atoms with Gasteiger partial charge in [-0.25, -0.2) is 0 Å². The van der Waals surface area contributed by atoms with Gasteiger partial charge in [-0.3, -0.25) is 9.59 Å². The quantitative estimate of drug-likeness (QED) is 0.224. The van der Waals surface area contributed by atoms with Crippen molar-refractivity contribution in [3.63, 3.8) is 0 Å². The lowest BCUT2D eigenvalue weighted by molar-refractivity contribution is -0.126. The summed E-state index contributed by atoms with van der Waals surface area (Å²) in [6.45, 7) is 3.36. The summed E-state index contributed by atoms with van der Waals surface area (Å²) in [4.78, 5) is 25.4. The Bertz CT molecular complexity index is 1450. The zero-order valence-electron chi connectivity index (χ0n) is 22.9. The Morgan fingerprint density at radius 2 is 1.65 bits per heavy atom. The van der Waals surface area contributed by atoms with Gasteiger partial charge in [0, 0.05) is 29.5 Å². The fourth-order valence-electron chi connectivity index (χ4n) is 3.86. The van der Waals surface area contributed by atoms with Crippen molar-refractivity contribution in [1.82, 2.24) is 15.4 Å². The zero-order valence-corrected chi connectivity index (χ0v) is 25.1. The molecule has 0 fully saturated rings. The number of nitrogens with zero attached hydrogens (tertiary/aromatic N) is 2. The molecule has 0 bridgehead atoms. The predicted molar refractivity (Wildman–Crippen MR) is 162 cm³/mol. The molecule has 40 heavy (non-hydrogen) atoms. The molecule has 1 heterocycles. The molecule has 1 aromatic heterocycles. The van der Waals surface area contributed by atoms with Crippen LogP contribution in [-0.4, -0.2) is 41.5 Å². The van der Waals surface area contributed by atoms with Crippen molar-refractivity contribution >= 4 is 57.6 Å². The summed E-state index contributed by atoms with van der Waals surface area (Å²) in [7, 11) is 3.33. The topological polar surface area (TPSA) is 101 Å². The summed E-state index contributed by atoms with van der Waals surface area (Å²) in [5.74, 6) is -0.377. The molecule has 0 spiro atoms. The van der Waals surface area contributed by atoms with E-state index in [1.807, 2.05) is 24.3 Å². The van der Waals surface area contributed by atoms with Crippen LogP contribution in [0.3, 0.4) is 0 Å². The number of rotatable bonds is 8. The standard InChI is InChI=1S/C21H24ClN3O2.C9H9Cl2NO/c1-21(2,23)20(26)24-17(10-6-9-14-7-4-3-5-8-14)19-16-13-15(22)11-12-18(16)27-25-19;1-12(2)9(13)7-5-6(10)3-4-8(7)11/h3-5,7-8,11-13,17H,6,9-10,23H2,1-2H3,(H,24,26);3-5H,1-2H3/t17-;/m1./s1. The normalized spacial score (nSPS) is 11.9. The molecule has 10 heteroatoms. The van der Waals surface area contributed by atoms with Gasteiger partial charge in [0.1, 0.15) is 5.69 Å². The highest BCUT2D eigenvalue weighted by atomic mass is 35.5. The van der Waals surface area contributed by atoms with Crippen LogP contribution in [0.4, 0.5) is 0 Å². The number of aromatic nitrogens is 1. The first-order chi connectivity index (χ1) is 18.9. The van der Waals surface area contributed by atoms with Crippen molar-refractivity contribution in [3.8, 4) is 0 Å². The average molecular weight is 604 g/mol.